The van der Waals surface area contributed by atoms with Crippen molar-refractivity contribution in [1.29, 1.82) is 0 Å². The van der Waals surface area contributed by atoms with Crippen molar-refractivity contribution >= 4 is 0 Å². The van der Waals surface area contributed by atoms with Gasteiger partial charge in [-0.15, -0.1) is 0 Å². The van der Waals surface area contributed by atoms with Crippen molar-refractivity contribution in [3.05, 3.63) is 0 Å². The summed E-state index contributed by atoms with van der Waals surface area (Å²) >= 11 is 0. The van der Waals surface area contributed by atoms with Crippen LogP contribution < -0.4 is 5.32 Å². The molecule has 2 saturated heterocycles. The molecule has 2 aliphatic heterocycles. The van der Waals surface area contributed by atoms with Gasteiger partial charge in [0.25, 0.3) is 0 Å². The second-order valence-electron chi connectivity index (χ2n) is 6.76. The molecule has 0 aromatic heterocycles. The number of nitrogens with one attached hydrogen (secondary N) is 1. The molecule has 2 aliphatic rings. The van der Waals surface area contributed by atoms with E-state index >= 15 is 0 Å². The van der Waals surface area contributed by atoms with Crippen LogP contribution in [0.1, 0.15) is 46.5 Å². The highest BCUT2D eigenvalue weighted by Crippen LogP contribution is 2.22. The van der Waals surface area contributed by atoms with Crippen LogP contribution in [-0.4, -0.2) is 49.3 Å². The lowest BCUT2D eigenvalue weighted by Gasteiger charge is -2.42. The summed E-state index contributed by atoms with van der Waals surface area (Å²) in [5.41, 5.74) is 0.0342. The molecule has 0 aromatic carbocycles. The number of piperidine rings is 1. The first kappa shape index (κ1) is 14.3. The van der Waals surface area contributed by atoms with Gasteiger partial charge in [0.15, 0.2) is 0 Å². The third-order valence-electron chi connectivity index (χ3n) is 4.19. The summed E-state index contributed by atoms with van der Waals surface area (Å²) in [6, 6.07) is 0. The van der Waals surface area contributed by atoms with Crippen LogP contribution >= 0.6 is 0 Å². The van der Waals surface area contributed by atoms with E-state index in [2.05, 4.69) is 31.0 Å². The quantitative estimate of drug-likeness (QED) is 0.833. The fourth-order valence-electron chi connectivity index (χ4n) is 3.53. The first-order valence-electron chi connectivity index (χ1n) is 7.66. The highest BCUT2D eigenvalue weighted by molar-refractivity contribution is 4.82. The molecule has 0 radical (unpaired) electrons. The van der Waals surface area contributed by atoms with Gasteiger partial charge in [-0.3, -0.25) is 4.90 Å². The number of hydrogen-bond donors (Lipinski definition) is 1. The third-order valence-corrected chi connectivity index (χ3v) is 4.19. The van der Waals surface area contributed by atoms with Gasteiger partial charge in [-0.2, -0.15) is 0 Å². The Bertz CT molecular complexity index is 249. The zero-order valence-electron chi connectivity index (χ0n) is 12.4. The Kier molecular flexibility index (Phi) is 5.05. The molecule has 1 unspecified atom stereocenters. The molecule has 0 bridgehead atoms. The van der Waals surface area contributed by atoms with Crippen molar-refractivity contribution in [3.8, 4) is 0 Å². The number of morpholine rings is 1. The molecular formula is C15H30N2O. The van der Waals surface area contributed by atoms with Crippen LogP contribution in [-0.2, 0) is 4.74 Å². The van der Waals surface area contributed by atoms with E-state index in [1.807, 2.05) is 0 Å². The summed E-state index contributed by atoms with van der Waals surface area (Å²) in [4.78, 5) is 2.59. The van der Waals surface area contributed by atoms with Crippen LogP contribution in [0.3, 0.4) is 0 Å². The van der Waals surface area contributed by atoms with Gasteiger partial charge in [0.2, 0.25) is 0 Å². The molecule has 2 rings (SSSR count). The fourth-order valence-corrected chi connectivity index (χ4v) is 3.53. The van der Waals surface area contributed by atoms with E-state index in [1.165, 1.54) is 45.3 Å². The van der Waals surface area contributed by atoms with Crippen LogP contribution in [0.4, 0.5) is 0 Å². The van der Waals surface area contributed by atoms with Gasteiger partial charge >= 0.3 is 0 Å². The number of nitrogens with zero attached hydrogens (tertiary/aromatic N) is 1. The molecule has 2 fully saturated rings. The molecule has 1 N–H and O–H groups in total. The summed E-state index contributed by atoms with van der Waals surface area (Å²) in [5, 5.41) is 3.44. The molecule has 2 heterocycles. The van der Waals surface area contributed by atoms with E-state index < -0.39 is 0 Å². The molecule has 3 heteroatoms. The lowest BCUT2D eigenvalue weighted by Crippen LogP contribution is -2.52. The normalized spacial score (nSPS) is 30.5. The molecule has 3 nitrogen and oxygen atoms in total. The Hall–Kier alpha value is -0.120. The average Bonchev–Trinajstić information content (AvgIpc) is 2.27. The second kappa shape index (κ2) is 6.36. The van der Waals surface area contributed by atoms with Gasteiger partial charge in [0.05, 0.1) is 11.7 Å². The Morgan fingerprint density at radius 2 is 2.00 bits per heavy atom. The second-order valence-corrected chi connectivity index (χ2v) is 6.76. The zero-order chi connectivity index (χ0) is 13.0. The van der Waals surface area contributed by atoms with Crippen LogP contribution in [0.2, 0.25) is 0 Å². The Balaban J connectivity index is 1.66. The number of hydrogen-bond acceptors (Lipinski definition) is 3. The Morgan fingerprint density at radius 3 is 2.67 bits per heavy atom. The minimum absolute atomic E-state index is 0.0342. The molecular weight excluding hydrogens is 224 g/mol. The first-order valence-corrected chi connectivity index (χ1v) is 7.66. The number of rotatable bonds is 4. The predicted octanol–water partition coefficient (Wildman–Crippen LogP) is 2.27. The summed E-state index contributed by atoms with van der Waals surface area (Å²) in [5.74, 6) is 0.970. The average molecular weight is 254 g/mol. The van der Waals surface area contributed by atoms with Crippen LogP contribution in [0, 0.1) is 5.92 Å². The van der Waals surface area contributed by atoms with Crippen LogP contribution in [0.15, 0.2) is 0 Å². The van der Waals surface area contributed by atoms with Gasteiger partial charge in [0, 0.05) is 13.1 Å². The molecule has 0 aromatic rings. The van der Waals surface area contributed by atoms with Crippen molar-refractivity contribution in [2.24, 2.45) is 5.92 Å². The topological polar surface area (TPSA) is 24.5 Å². The van der Waals surface area contributed by atoms with Crippen molar-refractivity contribution < 1.29 is 4.74 Å². The standard InChI is InChI=1S/C15H30N2O/c1-13-11-17(12-15(2,3)18-13)10-4-5-14-6-8-16-9-7-14/h13-14,16H,4-12H2,1-3H3. The lowest BCUT2D eigenvalue weighted by atomic mass is 9.93. The smallest absolute Gasteiger partial charge is 0.0757 e. The number of ether oxygens (including phenoxy) is 1. The summed E-state index contributed by atoms with van der Waals surface area (Å²) in [6.07, 6.45) is 5.91. The van der Waals surface area contributed by atoms with Crippen molar-refractivity contribution in [1.82, 2.24) is 10.2 Å². The van der Waals surface area contributed by atoms with Gasteiger partial charge < -0.3 is 10.1 Å². The molecule has 18 heavy (non-hydrogen) atoms. The van der Waals surface area contributed by atoms with E-state index in [0.717, 1.165) is 19.0 Å². The molecule has 0 saturated carbocycles. The van der Waals surface area contributed by atoms with Gasteiger partial charge in [-0.25, -0.2) is 0 Å². The fraction of sp³-hybridized carbons (Fsp3) is 1.00. The van der Waals surface area contributed by atoms with E-state index in [1.54, 1.807) is 0 Å². The predicted molar refractivity (Wildman–Crippen MR) is 75.9 cm³/mol. The van der Waals surface area contributed by atoms with E-state index in [0.29, 0.717) is 6.10 Å². The molecule has 0 aliphatic carbocycles. The first-order chi connectivity index (χ1) is 8.55. The Morgan fingerprint density at radius 1 is 1.28 bits per heavy atom. The van der Waals surface area contributed by atoms with E-state index in [-0.39, 0.29) is 5.60 Å². The highest BCUT2D eigenvalue weighted by Gasteiger charge is 2.30. The highest BCUT2D eigenvalue weighted by atomic mass is 16.5. The third kappa shape index (κ3) is 4.52. The van der Waals surface area contributed by atoms with E-state index in [4.69, 9.17) is 4.74 Å². The van der Waals surface area contributed by atoms with Crippen LogP contribution in [0.25, 0.3) is 0 Å². The summed E-state index contributed by atoms with van der Waals surface area (Å²) < 4.78 is 5.95. The molecule has 0 spiro atoms. The zero-order valence-corrected chi connectivity index (χ0v) is 12.4. The van der Waals surface area contributed by atoms with Crippen LogP contribution in [0.5, 0.6) is 0 Å². The van der Waals surface area contributed by atoms with Gasteiger partial charge in [-0.1, -0.05) is 0 Å². The van der Waals surface area contributed by atoms with Gasteiger partial charge in [-0.05, 0) is 72.0 Å². The van der Waals surface area contributed by atoms with Crippen molar-refractivity contribution in [2.75, 3.05) is 32.7 Å². The molecule has 1 atom stereocenters. The maximum Gasteiger partial charge on any atom is 0.0757 e. The minimum atomic E-state index is 0.0342. The van der Waals surface area contributed by atoms with Gasteiger partial charge in [0.1, 0.15) is 0 Å². The van der Waals surface area contributed by atoms with Crippen molar-refractivity contribution in [3.63, 3.8) is 0 Å². The Labute approximate surface area is 112 Å². The summed E-state index contributed by atoms with van der Waals surface area (Å²) in [7, 11) is 0. The maximum atomic E-state index is 5.95. The maximum absolute atomic E-state index is 5.95. The van der Waals surface area contributed by atoms with E-state index in [9.17, 15) is 0 Å². The minimum Gasteiger partial charge on any atom is -0.370 e. The van der Waals surface area contributed by atoms with Crippen molar-refractivity contribution in [2.45, 2.75) is 58.2 Å². The monoisotopic (exact) mass is 254 g/mol. The largest absolute Gasteiger partial charge is 0.370 e. The molecule has 106 valence electrons. The lowest BCUT2D eigenvalue weighted by molar-refractivity contribution is -0.128. The summed E-state index contributed by atoms with van der Waals surface area (Å²) in [6.45, 7) is 12.5. The SMILES string of the molecule is CC1CN(CCCC2CCNCC2)CC(C)(C)O1. The molecule has 0 amide bonds.